The van der Waals surface area contributed by atoms with E-state index in [-0.39, 0.29) is 17.9 Å². The van der Waals surface area contributed by atoms with Gasteiger partial charge in [0.2, 0.25) is 0 Å². The molecular formula is C21H21NO3S. The maximum Gasteiger partial charge on any atom is 0.254 e. The molecule has 1 aromatic heterocycles. The number of aryl methyl sites for hydroxylation is 1. The Kier molecular flexibility index (Phi) is 5.38. The minimum atomic E-state index is -0.312. The zero-order valence-corrected chi connectivity index (χ0v) is 15.9. The van der Waals surface area contributed by atoms with Crippen LogP contribution in [0.4, 0.5) is 0 Å². The molecule has 5 heteroatoms. The molecule has 0 spiro atoms. The predicted octanol–water partition coefficient (Wildman–Crippen LogP) is 4.44. The molecule has 0 fully saturated rings. The number of hydrogen-bond donors (Lipinski definition) is 0. The number of rotatable bonds is 4. The van der Waals surface area contributed by atoms with Gasteiger partial charge in [-0.15, -0.1) is 0 Å². The molecule has 134 valence electrons. The molecule has 2 aromatic rings. The number of methoxy groups -OCH3 is 1. The quantitative estimate of drug-likeness (QED) is 0.751. The molecule has 2 heterocycles. The van der Waals surface area contributed by atoms with E-state index in [0.29, 0.717) is 6.42 Å². The molecule has 0 aliphatic carbocycles. The number of carbonyl (C=O) groups excluding carboxylic acids is 2. The number of benzene rings is 1. The first-order chi connectivity index (χ1) is 12.5. The van der Waals surface area contributed by atoms with E-state index in [1.807, 2.05) is 48.9 Å². The van der Waals surface area contributed by atoms with Gasteiger partial charge in [0.1, 0.15) is 5.75 Å². The third-order valence-corrected chi connectivity index (χ3v) is 5.32. The molecule has 1 aliphatic rings. The SMILES string of the molecule is COc1cc(/C=C/C(=O)N2C(=O)C=CCC2c2ccsc2)cc(C)c1C. The summed E-state index contributed by atoms with van der Waals surface area (Å²) in [5.41, 5.74) is 4.02. The van der Waals surface area contributed by atoms with Gasteiger partial charge in [0, 0.05) is 6.08 Å². The van der Waals surface area contributed by atoms with E-state index >= 15 is 0 Å². The molecule has 0 N–H and O–H groups in total. The molecule has 3 rings (SSSR count). The highest BCUT2D eigenvalue weighted by atomic mass is 32.1. The van der Waals surface area contributed by atoms with Crippen LogP contribution in [0.15, 0.2) is 47.2 Å². The third-order valence-electron chi connectivity index (χ3n) is 4.61. The molecule has 2 amide bonds. The molecule has 0 saturated carbocycles. The zero-order chi connectivity index (χ0) is 18.7. The van der Waals surface area contributed by atoms with Crippen molar-refractivity contribution >= 4 is 29.2 Å². The molecule has 4 nitrogen and oxygen atoms in total. The van der Waals surface area contributed by atoms with Crippen molar-refractivity contribution in [2.75, 3.05) is 7.11 Å². The van der Waals surface area contributed by atoms with Crippen LogP contribution in [0.25, 0.3) is 6.08 Å². The average molecular weight is 367 g/mol. The summed E-state index contributed by atoms with van der Waals surface area (Å²) in [6, 6.07) is 5.60. The minimum absolute atomic E-state index is 0.245. The topological polar surface area (TPSA) is 46.6 Å². The standard InChI is InChI=1S/C21H21NO3S/c1-14-11-16(12-19(25-3)15(14)2)7-8-21(24)22-18(5-4-6-20(22)23)17-9-10-26-13-17/h4,6-13,18H,5H2,1-3H3/b8-7+. The van der Waals surface area contributed by atoms with Crippen LogP contribution in [0, 0.1) is 13.8 Å². The molecule has 0 saturated heterocycles. The van der Waals surface area contributed by atoms with Crippen LogP contribution in [-0.2, 0) is 9.59 Å². The lowest BCUT2D eigenvalue weighted by Gasteiger charge is -2.30. The van der Waals surface area contributed by atoms with Crippen LogP contribution in [0.5, 0.6) is 5.75 Å². The summed E-state index contributed by atoms with van der Waals surface area (Å²) in [4.78, 5) is 26.4. The first-order valence-electron chi connectivity index (χ1n) is 8.40. The van der Waals surface area contributed by atoms with Gasteiger partial charge in [-0.2, -0.15) is 11.3 Å². The molecule has 1 unspecified atom stereocenters. The largest absolute Gasteiger partial charge is 0.496 e. The van der Waals surface area contributed by atoms with Gasteiger partial charge in [0.15, 0.2) is 0 Å². The van der Waals surface area contributed by atoms with E-state index in [0.717, 1.165) is 28.0 Å². The molecule has 26 heavy (non-hydrogen) atoms. The van der Waals surface area contributed by atoms with Crippen molar-refractivity contribution in [3.8, 4) is 5.75 Å². The fourth-order valence-corrected chi connectivity index (χ4v) is 3.77. The summed E-state index contributed by atoms with van der Waals surface area (Å²) < 4.78 is 5.38. The number of thiophene rings is 1. The maximum absolute atomic E-state index is 12.8. The lowest BCUT2D eigenvalue weighted by atomic mass is 10.0. The highest BCUT2D eigenvalue weighted by Crippen LogP contribution is 2.30. The smallest absolute Gasteiger partial charge is 0.254 e. The van der Waals surface area contributed by atoms with E-state index in [9.17, 15) is 9.59 Å². The van der Waals surface area contributed by atoms with Crippen LogP contribution < -0.4 is 4.74 Å². The Balaban J connectivity index is 1.86. The van der Waals surface area contributed by atoms with Crippen molar-refractivity contribution in [2.45, 2.75) is 26.3 Å². The van der Waals surface area contributed by atoms with Crippen molar-refractivity contribution in [2.24, 2.45) is 0 Å². The summed E-state index contributed by atoms with van der Waals surface area (Å²) in [5.74, 6) is 0.192. The number of nitrogens with zero attached hydrogens (tertiary/aromatic N) is 1. The number of carbonyl (C=O) groups is 2. The van der Waals surface area contributed by atoms with Gasteiger partial charge in [-0.25, -0.2) is 0 Å². The number of hydrogen-bond acceptors (Lipinski definition) is 4. The fourth-order valence-electron chi connectivity index (χ4n) is 3.06. The van der Waals surface area contributed by atoms with Gasteiger partial charge >= 0.3 is 0 Å². The number of amides is 2. The lowest BCUT2D eigenvalue weighted by molar-refractivity contribution is -0.142. The van der Waals surface area contributed by atoms with E-state index in [1.54, 1.807) is 24.5 Å². The zero-order valence-electron chi connectivity index (χ0n) is 15.1. The summed E-state index contributed by atoms with van der Waals surface area (Å²) in [6.45, 7) is 4.00. The van der Waals surface area contributed by atoms with Gasteiger partial charge in [0.25, 0.3) is 11.8 Å². The third kappa shape index (κ3) is 3.63. The Bertz CT molecular complexity index is 881. The highest BCUT2D eigenvalue weighted by Gasteiger charge is 2.30. The monoisotopic (exact) mass is 367 g/mol. The van der Waals surface area contributed by atoms with E-state index < -0.39 is 0 Å². The van der Waals surface area contributed by atoms with Gasteiger partial charge in [-0.3, -0.25) is 14.5 Å². The Morgan fingerprint density at radius 1 is 1.35 bits per heavy atom. The second-order valence-corrected chi connectivity index (χ2v) is 7.04. The first kappa shape index (κ1) is 18.1. The van der Waals surface area contributed by atoms with Gasteiger partial charge in [0.05, 0.1) is 13.2 Å². The molecular weight excluding hydrogens is 346 g/mol. The van der Waals surface area contributed by atoms with Crippen LogP contribution >= 0.6 is 11.3 Å². The molecule has 1 atom stereocenters. The van der Waals surface area contributed by atoms with E-state index in [4.69, 9.17) is 4.74 Å². The Morgan fingerprint density at radius 3 is 2.85 bits per heavy atom. The van der Waals surface area contributed by atoms with Gasteiger partial charge in [-0.05, 0) is 77.6 Å². The Labute approximate surface area is 157 Å². The van der Waals surface area contributed by atoms with Gasteiger partial charge in [-0.1, -0.05) is 12.1 Å². The van der Waals surface area contributed by atoms with Crippen LogP contribution in [0.3, 0.4) is 0 Å². The minimum Gasteiger partial charge on any atom is -0.496 e. The van der Waals surface area contributed by atoms with Crippen LogP contribution in [0.2, 0.25) is 0 Å². The van der Waals surface area contributed by atoms with E-state index in [1.165, 1.54) is 17.1 Å². The summed E-state index contributed by atoms with van der Waals surface area (Å²) >= 11 is 1.56. The van der Waals surface area contributed by atoms with E-state index in [2.05, 4.69) is 0 Å². The van der Waals surface area contributed by atoms with Crippen LogP contribution in [0.1, 0.15) is 34.7 Å². The van der Waals surface area contributed by atoms with Crippen LogP contribution in [-0.4, -0.2) is 23.8 Å². The van der Waals surface area contributed by atoms with Crippen molar-refractivity contribution in [1.82, 2.24) is 4.90 Å². The summed E-state index contributed by atoms with van der Waals surface area (Å²) in [7, 11) is 1.63. The number of ether oxygens (including phenoxy) is 1. The van der Waals surface area contributed by atoms with Crippen molar-refractivity contribution < 1.29 is 14.3 Å². The molecule has 1 aromatic carbocycles. The van der Waals surface area contributed by atoms with Crippen molar-refractivity contribution in [3.05, 3.63) is 69.4 Å². The Morgan fingerprint density at radius 2 is 2.15 bits per heavy atom. The molecule has 0 bridgehead atoms. The lowest BCUT2D eigenvalue weighted by Crippen LogP contribution is -2.39. The second kappa shape index (κ2) is 7.70. The summed E-state index contributed by atoms with van der Waals surface area (Å²) in [6.07, 6.45) is 7.12. The first-order valence-corrected chi connectivity index (χ1v) is 9.34. The average Bonchev–Trinajstić information content (AvgIpc) is 3.16. The number of imide groups is 1. The molecule has 1 aliphatic heterocycles. The predicted molar refractivity (Wildman–Crippen MR) is 104 cm³/mol. The maximum atomic E-state index is 12.8. The Hall–Kier alpha value is -2.66. The second-order valence-electron chi connectivity index (χ2n) is 6.26. The fraction of sp³-hybridized carbons (Fsp3) is 0.238. The molecule has 0 radical (unpaired) electrons. The van der Waals surface area contributed by atoms with Crippen molar-refractivity contribution in [3.63, 3.8) is 0 Å². The normalized spacial score (nSPS) is 17.1. The van der Waals surface area contributed by atoms with Crippen molar-refractivity contribution in [1.29, 1.82) is 0 Å². The van der Waals surface area contributed by atoms with Gasteiger partial charge < -0.3 is 4.74 Å². The highest BCUT2D eigenvalue weighted by molar-refractivity contribution is 7.08. The summed E-state index contributed by atoms with van der Waals surface area (Å²) in [5, 5.41) is 3.94.